The van der Waals surface area contributed by atoms with E-state index in [2.05, 4.69) is 11.9 Å². The van der Waals surface area contributed by atoms with Crippen LogP contribution in [0.1, 0.15) is 66.1 Å². The first kappa shape index (κ1) is 22.0. The van der Waals surface area contributed by atoms with Crippen molar-refractivity contribution in [3.63, 3.8) is 0 Å². The standard InChI is InChI=1S/C22H27NO4S/c1-6-10-28-19-13-17(23-14-18(19)21(25)27-22(2,3)4)12-15-8-7-9-16(11-15)20(24)26-5/h7-9,11,13-14H,6,10,12H2,1-5H3. The molecule has 1 aromatic carbocycles. The maximum Gasteiger partial charge on any atom is 0.341 e. The molecular weight excluding hydrogens is 374 g/mol. The fraction of sp³-hybridized carbons (Fsp3) is 0.409. The van der Waals surface area contributed by atoms with E-state index >= 15 is 0 Å². The molecule has 0 unspecified atom stereocenters. The summed E-state index contributed by atoms with van der Waals surface area (Å²) in [6, 6.07) is 9.22. The van der Waals surface area contributed by atoms with Crippen LogP contribution in [0, 0.1) is 0 Å². The van der Waals surface area contributed by atoms with Crippen molar-refractivity contribution in [1.29, 1.82) is 0 Å². The molecule has 0 saturated carbocycles. The van der Waals surface area contributed by atoms with Crippen molar-refractivity contribution in [3.8, 4) is 0 Å². The number of carbonyl (C=O) groups is 2. The van der Waals surface area contributed by atoms with E-state index in [1.807, 2.05) is 39.0 Å². The fourth-order valence-corrected chi connectivity index (χ4v) is 3.46. The summed E-state index contributed by atoms with van der Waals surface area (Å²) in [7, 11) is 1.36. The van der Waals surface area contributed by atoms with Crippen LogP contribution in [0.15, 0.2) is 41.4 Å². The molecule has 0 atom stereocenters. The highest BCUT2D eigenvalue weighted by Gasteiger charge is 2.21. The third-order valence-corrected chi connectivity index (χ3v) is 5.00. The molecule has 150 valence electrons. The minimum absolute atomic E-state index is 0.363. The second-order valence-electron chi connectivity index (χ2n) is 7.39. The summed E-state index contributed by atoms with van der Waals surface area (Å²) in [5, 5.41) is 0. The second kappa shape index (κ2) is 9.73. The Morgan fingerprint density at radius 1 is 1.14 bits per heavy atom. The molecule has 0 bridgehead atoms. The molecule has 6 heteroatoms. The van der Waals surface area contributed by atoms with Crippen LogP contribution in [0.25, 0.3) is 0 Å². The Balaban J connectivity index is 2.29. The van der Waals surface area contributed by atoms with E-state index in [1.165, 1.54) is 7.11 Å². The van der Waals surface area contributed by atoms with Crippen molar-refractivity contribution in [2.24, 2.45) is 0 Å². The highest BCUT2D eigenvalue weighted by atomic mass is 32.2. The van der Waals surface area contributed by atoms with Crippen LogP contribution in [-0.4, -0.2) is 35.4 Å². The van der Waals surface area contributed by atoms with Gasteiger partial charge in [-0.05, 0) is 56.7 Å². The lowest BCUT2D eigenvalue weighted by Crippen LogP contribution is -2.24. The van der Waals surface area contributed by atoms with Crippen molar-refractivity contribution in [2.75, 3.05) is 12.9 Å². The molecule has 0 amide bonds. The highest BCUT2D eigenvalue weighted by molar-refractivity contribution is 7.99. The van der Waals surface area contributed by atoms with Crippen molar-refractivity contribution in [1.82, 2.24) is 4.98 Å². The van der Waals surface area contributed by atoms with Gasteiger partial charge in [0.05, 0.1) is 18.2 Å². The summed E-state index contributed by atoms with van der Waals surface area (Å²) in [5.41, 5.74) is 2.21. The maximum absolute atomic E-state index is 12.5. The molecule has 2 rings (SSSR count). The van der Waals surface area contributed by atoms with Crippen molar-refractivity contribution in [2.45, 2.75) is 51.0 Å². The van der Waals surface area contributed by atoms with Gasteiger partial charge in [-0.25, -0.2) is 9.59 Å². The van der Waals surface area contributed by atoms with Gasteiger partial charge in [-0.1, -0.05) is 19.1 Å². The molecule has 5 nitrogen and oxygen atoms in total. The lowest BCUT2D eigenvalue weighted by Gasteiger charge is -2.20. The van der Waals surface area contributed by atoms with Gasteiger partial charge in [-0.3, -0.25) is 4.98 Å². The van der Waals surface area contributed by atoms with Gasteiger partial charge >= 0.3 is 11.9 Å². The lowest BCUT2D eigenvalue weighted by atomic mass is 10.1. The summed E-state index contributed by atoms with van der Waals surface area (Å²) in [6.45, 7) is 7.64. The number of esters is 2. The zero-order valence-corrected chi connectivity index (χ0v) is 17.9. The molecule has 2 aromatic rings. The number of hydrogen-bond donors (Lipinski definition) is 0. The van der Waals surface area contributed by atoms with E-state index in [1.54, 1.807) is 30.1 Å². The predicted octanol–water partition coefficient (Wildman–Crippen LogP) is 4.92. The molecule has 28 heavy (non-hydrogen) atoms. The Labute approximate surface area is 170 Å². The Morgan fingerprint density at radius 3 is 2.54 bits per heavy atom. The second-order valence-corrected chi connectivity index (χ2v) is 8.53. The van der Waals surface area contributed by atoms with Crippen LogP contribution in [0.3, 0.4) is 0 Å². The SMILES string of the molecule is CCCSc1cc(Cc2cccc(C(=O)OC)c2)ncc1C(=O)OC(C)(C)C. The molecule has 0 fully saturated rings. The van der Waals surface area contributed by atoms with Crippen LogP contribution >= 0.6 is 11.8 Å². The van der Waals surface area contributed by atoms with Crippen molar-refractivity contribution < 1.29 is 19.1 Å². The summed E-state index contributed by atoms with van der Waals surface area (Å²) in [4.78, 5) is 29.6. The van der Waals surface area contributed by atoms with E-state index in [4.69, 9.17) is 9.47 Å². The first-order chi connectivity index (χ1) is 13.2. The fourth-order valence-electron chi connectivity index (χ4n) is 2.53. The zero-order chi connectivity index (χ0) is 20.7. The van der Waals surface area contributed by atoms with Crippen molar-refractivity contribution in [3.05, 3.63) is 58.9 Å². The van der Waals surface area contributed by atoms with Gasteiger partial charge in [-0.15, -0.1) is 11.8 Å². The molecule has 0 aliphatic heterocycles. The molecular formula is C22H27NO4S. The number of methoxy groups -OCH3 is 1. The van der Waals surface area contributed by atoms with Gasteiger partial charge in [-0.2, -0.15) is 0 Å². The monoisotopic (exact) mass is 401 g/mol. The Kier molecular flexibility index (Phi) is 7.63. The Bertz CT molecular complexity index is 843. The lowest BCUT2D eigenvalue weighted by molar-refractivity contribution is 0.00648. The molecule has 1 heterocycles. The summed E-state index contributed by atoms with van der Waals surface area (Å²) in [6.07, 6.45) is 3.14. The van der Waals surface area contributed by atoms with Crippen LogP contribution in [-0.2, 0) is 15.9 Å². The van der Waals surface area contributed by atoms with Crippen LogP contribution in [0.4, 0.5) is 0 Å². The van der Waals surface area contributed by atoms with E-state index in [0.29, 0.717) is 17.5 Å². The van der Waals surface area contributed by atoms with Crippen LogP contribution < -0.4 is 0 Å². The summed E-state index contributed by atoms with van der Waals surface area (Å²) in [5.74, 6) is 0.170. The molecule has 0 radical (unpaired) electrons. The van der Waals surface area contributed by atoms with Crippen molar-refractivity contribution >= 4 is 23.7 Å². The Hall–Kier alpha value is -2.34. The first-order valence-corrected chi connectivity index (χ1v) is 10.2. The number of thioether (sulfide) groups is 1. The largest absolute Gasteiger partial charge is 0.465 e. The van der Waals surface area contributed by atoms with Gasteiger partial charge in [0.1, 0.15) is 5.60 Å². The molecule has 0 spiro atoms. The summed E-state index contributed by atoms with van der Waals surface area (Å²) >= 11 is 1.62. The number of pyridine rings is 1. The van der Waals surface area contributed by atoms with Gasteiger partial charge < -0.3 is 9.47 Å². The number of benzene rings is 1. The van der Waals surface area contributed by atoms with Gasteiger partial charge in [0, 0.05) is 23.2 Å². The first-order valence-electron chi connectivity index (χ1n) is 9.26. The highest BCUT2D eigenvalue weighted by Crippen LogP contribution is 2.26. The number of nitrogens with zero attached hydrogens (tertiary/aromatic N) is 1. The number of hydrogen-bond acceptors (Lipinski definition) is 6. The van der Waals surface area contributed by atoms with Crippen LogP contribution in [0.2, 0.25) is 0 Å². The van der Waals surface area contributed by atoms with Gasteiger partial charge in [0.15, 0.2) is 0 Å². The molecule has 1 aromatic heterocycles. The number of aromatic nitrogens is 1. The van der Waals surface area contributed by atoms with Crippen LogP contribution in [0.5, 0.6) is 0 Å². The average Bonchev–Trinajstić information content (AvgIpc) is 2.64. The molecule has 0 aliphatic rings. The minimum Gasteiger partial charge on any atom is -0.465 e. The van der Waals surface area contributed by atoms with E-state index in [0.717, 1.165) is 28.3 Å². The normalized spacial score (nSPS) is 11.2. The molecule has 0 aliphatic carbocycles. The third kappa shape index (κ3) is 6.37. The third-order valence-electron chi connectivity index (χ3n) is 3.74. The Morgan fingerprint density at radius 2 is 1.89 bits per heavy atom. The average molecular weight is 402 g/mol. The topological polar surface area (TPSA) is 65.5 Å². The smallest absolute Gasteiger partial charge is 0.341 e. The van der Waals surface area contributed by atoms with Gasteiger partial charge in [0.2, 0.25) is 0 Å². The maximum atomic E-state index is 12.5. The zero-order valence-electron chi connectivity index (χ0n) is 17.1. The summed E-state index contributed by atoms with van der Waals surface area (Å²) < 4.78 is 10.3. The predicted molar refractivity (Wildman–Crippen MR) is 111 cm³/mol. The molecule has 0 saturated heterocycles. The number of rotatable bonds is 7. The minimum atomic E-state index is -0.559. The quantitative estimate of drug-likeness (QED) is 0.485. The van der Waals surface area contributed by atoms with E-state index in [-0.39, 0.29) is 11.9 Å². The van der Waals surface area contributed by atoms with E-state index < -0.39 is 5.60 Å². The molecule has 0 N–H and O–H groups in total. The van der Waals surface area contributed by atoms with E-state index in [9.17, 15) is 9.59 Å². The van der Waals surface area contributed by atoms with Gasteiger partial charge in [0.25, 0.3) is 0 Å². The number of carbonyl (C=O) groups excluding carboxylic acids is 2. The number of ether oxygens (including phenoxy) is 2.